The van der Waals surface area contributed by atoms with Crippen molar-refractivity contribution in [2.24, 2.45) is 11.8 Å². The molecule has 2 nitrogen and oxygen atoms in total. The van der Waals surface area contributed by atoms with Crippen LogP contribution >= 0.6 is 0 Å². The van der Waals surface area contributed by atoms with E-state index in [0.29, 0.717) is 0 Å². The summed E-state index contributed by atoms with van der Waals surface area (Å²) in [6, 6.07) is 2.49. The van der Waals surface area contributed by atoms with E-state index in [2.05, 4.69) is 98.5 Å². The molecular formula is C16H36O2Si2Te2. The van der Waals surface area contributed by atoms with E-state index in [0.717, 1.165) is 11.8 Å². The number of rotatable bonds is 11. The summed E-state index contributed by atoms with van der Waals surface area (Å²) in [5.41, 5.74) is 0. The summed E-state index contributed by atoms with van der Waals surface area (Å²) >= 11 is 4.40. The van der Waals surface area contributed by atoms with Gasteiger partial charge in [-0.3, -0.25) is 0 Å². The molecule has 0 saturated heterocycles. The summed E-state index contributed by atoms with van der Waals surface area (Å²) in [4.78, 5) is 0. The van der Waals surface area contributed by atoms with Crippen LogP contribution in [0.5, 0.6) is 0 Å². The summed E-state index contributed by atoms with van der Waals surface area (Å²) in [7, 11) is -3.18. The van der Waals surface area contributed by atoms with Gasteiger partial charge in [-0.05, 0) is 0 Å². The van der Waals surface area contributed by atoms with E-state index in [1.54, 1.807) is 0 Å². The Hall–Kier alpha value is 1.93. The maximum atomic E-state index is 6.49. The van der Waals surface area contributed by atoms with Gasteiger partial charge in [0.15, 0.2) is 0 Å². The molecule has 0 aromatic carbocycles. The molecule has 0 aromatic rings. The van der Waals surface area contributed by atoms with Gasteiger partial charge < -0.3 is 0 Å². The van der Waals surface area contributed by atoms with E-state index in [4.69, 9.17) is 8.85 Å². The maximum absolute atomic E-state index is 6.49. The van der Waals surface area contributed by atoms with Crippen molar-refractivity contribution >= 4 is 61.2 Å². The molecule has 0 amide bonds. The van der Waals surface area contributed by atoms with Gasteiger partial charge in [-0.15, -0.1) is 0 Å². The van der Waals surface area contributed by atoms with Gasteiger partial charge in [0.25, 0.3) is 0 Å². The van der Waals surface area contributed by atoms with Crippen LogP contribution in [0.3, 0.4) is 0 Å². The van der Waals surface area contributed by atoms with Crippen molar-refractivity contribution in [1.82, 2.24) is 0 Å². The van der Waals surface area contributed by atoms with Gasteiger partial charge in [0, 0.05) is 0 Å². The first-order valence-corrected chi connectivity index (χ1v) is 18.0. The van der Waals surface area contributed by atoms with Crippen molar-refractivity contribution in [3.63, 3.8) is 0 Å². The summed E-state index contributed by atoms with van der Waals surface area (Å²) in [5, 5.41) is 0. The molecule has 22 heavy (non-hydrogen) atoms. The third-order valence-corrected chi connectivity index (χ3v) is 12.5. The first-order valence-electron chi connectivity index (χ1n) is 8.44. The molecule has 0 aromatic heterocycles. The first-order chi connectivity index (χ1) is 9.92. The second kappa shape index (κ2) is 10.8. The van der Waals surface area contributed by atoms with Crippen LogP contribution in [0.15, 0.2) is 0 Å². The molecule has 0 heterocycles. The van der Waals surface area contributed by atoms with Gasteiger partial charge in [0.1, 0.15) is 0 Å². The molecule has 0 fully saturated rings. The number of hydrogen-bond donors (Lipinski definition) is 0. The molecule has 0 spiro atoms. The molecule has 0 aliphatic heterocycles. The van der Waals surface area contributed by atoms with Gasteiger partial charge in [0.2, 0.25) is 0 Å². The monoisotopic (exact) mass is 576 g/mol. The Kier molecular flexibility index (Phi) is 11.8. The Balaban J connectivity index is 4.50. The second-order valence-corrected chi connectivity index (χ2v) is 18.3. The minimum atomic E-state index is -1.59. The molecule has 0 N–H and O–H groups in total. The van der Waals surface area contributed by atoms with Gasteiger partial charge >= 0.3 is 169 Å². The van der Waals surface area contributed by atoms with Crippen molar-refractivity contribution in [2.75, 3.05) is 0 Å². The normalized spacial score (nSPS) is 18.8. The Morgan fingerprint density at radius 2 is 0.955 bits per heavy atom. The predicted octanol–water partition coefficient (Wildman–Crippen LogP) is 4.65. The zero-order valence-corrected chi connectivity index (χ0v) is 22.4. The van der Waals surface area contributed by atoms with Crippen molar-refractivity contribution in [3.8, 4) is 0 Å². The zero-order valence-electron chi connectivity index (χ0n) is 15.8. The molecule has 0 bridgehead atoms. The number of hydrogen-bond acceptors (Lipinski definition) is 2. The summed E-state index contributed by atoms with van der Waals surface area (Å²) in [5.74, 6) is 1.54. The Morgan fingerprint density at radius 3 is 1.18 bits per heavy atom. The molecule has 2 unspecified atom stereocenters. The summed E-state index contributed by atoms with van der Waals surface area (Å²) < 4.78 is 15.5. The fourth-order valence-corrected chi connectivity index (χ4v) is 11.3. The molecule has 0 aliphatic rings. The Bertz CT molecular complexity index is 285. The molecule has 6 heteroatoms. The van der Waals surface area contributed by atoms with Crippen LogP contribution in [-0.4, -0.2) is 73.4 Å². The van der Waals surface area contributed by atoms with E-state index < -0.39 is 16.6 Å². The van der Waals surface area contributed by atoms with Crippen LogP contribution in [0, 0.1) is 11.8 Å². The van der Waals surface area contributed by atoms with E-state index in [9.17, 15) is 0 Å². The standard InChI is InChI=1S/C16H36O2Si2Te2/c1-13(11-21)9-19(5,6)17-15(3)16(4)18-20(7,8)10-14(2)12-22/h13-16H,9-12H2,1-8H3/t13?,14?,15-,16+. The quantitative estimate of drug-likeness (QED) is 0.336. The molecule has 132 valence electrons. The summed E-state index contributed by atoms with van der Waals surface area (Å²) in [6.07, 6.45) is 0.409. The van der Waals surface area contributed by atoms with Gasteiger partial charge in [0.05, 0.1) is 0 Å². The molecule has 0 saturated carbocycles. The molecule has 2 radical (unpaired) electrons. The van der Waals surface area contributed by atoms with Crippen molar-refractivity contribution < 1.29 is 8.85 Å². The van der Waals surface area contributed by atoms with Gasteiger partial charge in [-0.25, -0.2) is 0 Å². The fraction of sp³-hybridized carbons (Fsp3) is 1.00. The Labute approximate surface area is 167 Å². The van der Waals surface area contributed by atoms with E-state index in [-0.39, 0.29) is 12.2 Å². The van der Waals surface area contributed by atoms with Crippen molar-refractivity contribution in [1.29, 1.82) is 0 Å². The average molecular weight is 572 g/mol. The molecule has 4 atom stereocenters. The predicted molar refractivity (Wildman–Crippen MR) is 105 cm³/mol. The van der Waals surface area contributed by atoms with Crippen LogP contribution in [0.2, 0.25) is 47.2 Å². The van der Waals surface area contributed by atoms with Crippen LogP contribution in [-0.2, 0) is 8.85 Å². The van der Waals surface area contributed by atoms with Gasteiger partial charge in [-0.2, -0.15) is 0 Å². The second-order valence-electron chi connectivity index (χ2n) is 8.12. The fourth-order valence-electron chi connectivity index (χ4n) is 3.09. The van der Waals surface area contributed by atoms with Crippen LogP contribution in [0.1, 0.15) is 27.7 Å². The van der Waals surface area contributed by atoms with E-state index in [1.807, 2.05) is 0 Å². The minimum absolute atomic E-state index is 0.205. The topological polar surface area (TPSA) is 18.5 Å². The van der Waals surface area contributed by atoms with E-state index >= 15 is 0 Å². The Morgan fingerprint density at radius 1 is 0.682 bits per heavy atom. The van der Waals surface area contributed by atoms with Crippen LogP contribution in [0.25, 0.3) is 0 Å². The van der Waals surface area contributed by atoms with Crippen LogP contribution in [0.4, 0.5) is 0 Å². The molecule has 0 aliphatic carbocycles. The van der Waals surface area contributed by atoms with Gasteiger partial charge in [-0.1, -0.05) is 0 Å². The summed E-state index contributed by atoms with van der Waals surface area (Å²) in [6.45, 7) is 18.5. The first kappa shape index (κ1) is 23.9. The molecular weight excluding hydrogens is 536 g/mol. The van der Waals surface area contributed by atoms with Crippen molar-refractivity contribution in [2.45, 2.75) is 87.1 Å². The van der Waals surface area contributed by atoms with Crippen LogP contribution < -0.4 is 0 Å². The third-order valence-electron chi connectivity index (χ3n) is 3.92. The van der Waals surface area contributed by atoms with Crippen molar-refractivity contribution in [3.05, 3.63) is 0 Å². The molecule has 0 rings (SSSR count). The van der Waals surface area contributed by atoms with E-state index in [1.165, 1.54) is 21.0 Å². The SMILES string of the molecule is CC(C[Te])C[Si](C)(C)O[C@@H](C)[C@@H](C)O[Si](C)(C)CC(C)C[Te]. The zero-order chi connectivity index (χ0) is 17.6. The average Bonchev–Trinajstić information content (AvgIpc) is 2.35. The third kappa shape index (κ3) is 10.7.